The standard InChI is InChI=1S/C12H10F3N3O/c1-6(19)8-3-2-7(4-9(8)13)18-5-10(16)11(17-18)12(14)15/h2-5,12H,16H2,1H3. The summed E-state index contributed by atoms with van der Waals surface area (Å²) < 4.78 is 39.7. The van der Waals surface area contributed by atoms with Gasteiger partial charge in [0.25, 0.3) is 6.43 Å². The molecule has 0 fully saturated rings. The molecule has 2 rings (SSSR count). The third-order valence-electron chi connectivity index (χ3n) is 2.58. The maximum Gasteiger partial charge on any atom is 0.284 e. The molecule has 0 radical (unpaired) electrons. The number of halogens is 3. The molecule has 1 heterocycles. The summed E-state index contributed by atoms with van der Waals surface area (Å²) in [5.41, 5.74) is 4.79. The van der Waals surface area contributed by atoms with Gasteiger partial charge < -0.3 is 5.73 Å². The van der Waals surface area contributed by atoms with E-state index in [0.29, 0.717) is 0 Å². The Labute approximate surface area is 106 Å². The molecule has 19 heavy (non-hydrogen) atoms. The fourth-order valence-corrected chi connectivity index (χ4v) is 1.63. The number of aromatic nitrogens is 2. The topological polar surface area (TPSA) is 60.9 Å². The van der Waals surface area contributed by atoms with Crippen molar-refractivity contribution in [2.45, 2.75) is 13.3 Å². The van der Waals surface area contributed by atoms with Gasteiger partial charge in [0, 0.05) is 6.07 Å². The Morgan fingerprint density at radius 2 is 2.11 bits per heavy atom. The van der Waals surface area contributed by atoms with Crippen molar-refractivity contribution in [3.63, 3.8) is 0 Å². The van der Waals surface area contributed by atoms with Crippen LogP contribution < -0.4 is 5.73 Å². The summed E-state index contributed by atoms with van der Waals surface area (Å²) in [6.45, 7) is 1.24. The van der Waals surface area contributed by atoms with E-state index in [0.717, 1.165) is 10.7 Å². The first kappa shape index (κ1) is 13.1. The minimum Gasteiger partial charge on any atom is -0.396 e. The summed E-state index contributed by atoms with van der Waals surface area (Å²) in [5, 5.41) is 3.59. The minimum atomic E-state index is -2.80. The van der Waals surface area contributed by atoms with E-state index in [1.54, 1.807) is 0 Å². The average Bonchev–Trinajstić information content (AvgIpc) is 2.70. The third-order valence-corrected chi connectivity index (χ3v) is 2.58. The van der Waals surface area contributed by atoms with E-state index in [1.807, 2.05) is 0 Å². The monoisotopic (exact) mass is 269 g/mol. The van der Waals surface area contributed by atoms with Crippen LogP contribution in [0.2, 0.25) is 0 Å². The lowest BCUT2D eigenvalue weighted by atomic mass is 10.1. The average molecular weight is 269 g/mol. The number of ketones is 1. The molecule has 2 N–H and O–H groups in total. The van der Waals surface area contributed by atoms with Crippen LogP contribution in [0.3, 0.4) is 0 Å². The highest BCUT2D eigenvalue weighted by Gasteiger charge is 2.17. The summed E-state index contributed by atoms with van der Waals surface area (Å²) >= 11 is 0. The first-order chi connectivity index (χ1) is 8.90. The summed E-state index contributed by atoms with van der Waals surface area (Å²) in [4.78, 5) is 11.1. The number of carbonyl (C=O) groups excluding carboxylic acids is 1. The van der Waals surface area contributed by atoms with Crippen molar-refractivity contribution in [2.24, 2.45) is 0 Å². The Bertz CT molecular complexity index is 637. The van der Waals surface area contributed by atoms with Crippen LogP contribution in [0.25, 0.3) is 5.69 Å². The van der Waals surface area contributed by atoms with Crippen LogP contribution in [0.4, 0.5) is 18.9 Å². The molecule has 0 amide bonds. The predicted molar refractivity (Wildman–Crippen MR) is 62.9 cm³/mol. The zero-order chi connectivity index (χ0) is 14.2. The first-order valence-corrected chi connectivity index (χ1v) is 5.34. The Hall–Kier alpha value is -2.31. The van der Waals surface area contributed by atoms with Gasteiger partial charge >= 0.3 is 0 Å². The number of anilines is 1. The lowest BCUT2D eigenvalue weighted by Gasteiger charge is -2.04. The molecular formula is C12H10F3N3O. The Morgan fingerprint density at radius 3 is 2.58 bits per heavy atom. The zero-order valence-corrected chi connectivity index (χ0v) is 9.90. The molecule has 1 aromatic carbocycles. The maximum atomic E-state index is 13.6. The van der Waals surface area contributed by atoms with Crippen LogP contribution in [0, 0.1) is 5.82 Å². The maximum absolute atomic E-state index is 13.6. The second-order valence-electron chi connectivity index (χ2n) is 3.94. The van der Waals surface area contributed by atoms with Crippen LogP contribution in [-0.2, 0) is 0 Å². The van der Waals surface area contributed by atoms with Gasteiger partial charge in [-0.25, -0.2) is 17.9 Å². The van der Waals surface area contributed by atoms with Crippen LogP contribution in [-0.4, -0.2) is 15.6 Å². The molecule has 0 aliphatic heterocycles. The normalized spacial score (nSPS) is 11.0. The second-order valence-corrected chi connectivity index (χ2v) is 3.94. The van der Waals surface area contributed by atoms with Gasteiger partial charge in [0.2, 0.25) is 0 Å². The van der Waals surface area contributed by atoms with Gasteiger partial charge in [-0.05, 0) is 19.1 Å². The molecule has 100 valence electrons. The van der Waals surface area contributed by atoms with Crippen LogP contribution >= 0.6 is 0 Å². The quantitative estimate of drug-likeness (QED) is 0.871. The Balaban J connectivity index is 2.45. The number of nitrogens with zero attached hydrogens (tertiary/aromatic N) is 2. The van der Waals surface area contributed by atoms with E-state index < -0.39 is 23.7 Å². The smallest absolute Gasteiger partial charge is 0.284 e. The minimum absolute atomic E-state index is 0.0713. The third kappa shape index (κ3) is 2.44. The molecule has 2 aromatic rings. The molecular weight excluding hydrogens is 259 g/mol. The lowest BCUT2D eigenvalue weighted by Crippen LogP contribution is -2.01. The molecule has 4 nitrogen and oxygen atoms in total. The van der Waals surface area contributed by atoms with Crippen molar-refractivity contribution in [2.75, 3.05) is 5.73 Å². The molecule has 0 saturated heterocycles. The molecule has 0 unspecified atom stereocenters. The molecule has 0 saturated carbocycles. The summed E-state index contributed by atoms with van der Waals surface area (Å²) in [6.07, 6.45) is -1.63. The van der Waals surface area contributed by atoms with Gasteiger partial charge in [0.1, 0.15) is 5.82 Å². The van der Waals surface area contributed by atoms with Crippen LogP contribution in [0.15, 0.2) is 24.4 Å². The highest BCUT2D eigenvalue weighted by molar-refractivity contribution is 5.94. The van der Waals surface area contributed by atoms with Gasteiger partial charge in [0.15, 0.2) is 11.5 Å². The molecule has 1 aromatic heterocycles. The number of rotatable bonds is 3. The van der Waals surface area contributed by atoms with Gasteiger partial charge in [-0.1, -0.05) is 0 Å². The van der Waals surface area contributed by atoms with E-state index in [-0.39, 0.29) is 16.9 Å². The van der Waals surface area contributed by atoms with Crippen molar-refractivity contribution < 1.29 is 18.0 Å². The van der Waals surface area contributed by atoms with Gasteiger partial charge in [-0.15, -0.1) is 0 Å². The fraction of sp³-hybridized carbons (Fsp3) is 0.167. The largest absolute Gasteiger partial charge is 0.396 e. The van der Waals surface area contributed by atoms with Crippen molar-refractivity contribution in [3.05, 3.63) is 41.5 Å². The van der Waals surface area contributed by atoms with E-state index in [9.17, 15) is 18.0 Å². The Morgan fingerprint density at radius 1 is 1.42 bits per heavy atom. The number of alkyl halides is 2. The number of nitrogen functional groups attached to an aromatic ring is 1. The van der Waals surface area contributed by atoms with Crippen molar-refractivity contribution >= 4 is 11.5 Å². The second kappa shape index (κ2) is 4.75. The number of carbonyl (C=O) groups is 1. The van der Waals surface area contributed by atoms with E-state index in [1.165, 1.54) is 25.3 Å². The number of benzene rings is 1. The number of hydrogen-bond donors (Lipinski definition) is 1. The van der Waals surface area contributed by atoms with Gasteiger partial charge in [-0.3, -0.25) is 4.79 Å². The number of nitrogens with two attached hydrogens (primary N) is 1. The van der Waals surface area contributed by atoms with Crippen molar-refractivity contribution in [1.29, 1.82) is 0 Å². The Kier molecular flexibility index (Phi) is 3.28. The van der Waals surface area contributed by atoms with Crippen molar-refractivity contribution in [1.82, 2.24) is 9.78 Å². The highest BCUT2D eigenvalue weighted by atomic mass is 19.3. The van der Waals surface area contributed by atoms with Gasteiger partial charge in [0.05, 0.1) is 23.1 Å². The molecule has 0 atom stereocenters. The van der Waals surface area contributed by atoms with E-state index in [2.05, 4.69) is 5.10 Å². The van der Waals surface area contributed by atoms with Crippen molar-refractivity contribution in [3.8, 4) is 5.69 Å². The number of hydrogen-bond acceptors (Lipinski definition) is 3. The highest BCUT2D eigenvalue weighted by Crippen LogP contribution is 2.24. The van der Waals surface area contributed by atoms with Crippen LogP contribution in [0.1, 0.15) is 29.4 Å². The molecule has 0 bridgehead atoms. The zero-order valence-electron chi connectivity index (χ0n) is 9.90. The SMILES string of the molecule is CC(=O)c1ccc(-n2cc(N)c(C(F)F)n2)cc1F. The fourth-order valence-electron chi connectivity index (χ4n) is 1.63. The predicted octanol–water partition coefficient (Wildman–Crippen LogP) is 2.73. The van der Waals surface area contributed by atoms with E-state index >= 15 is 0 Å². The van der Waals surface area contributed by atoms with Crippen LogP contribution in [0.5, 0.6) is 0 Å². The van der Waals surface area contributed by atoms with E-state index in [4.69, 9.17) is 5.73 Å². The number of Topliss-reactive ketones (excluding diaryl/α,β-unsaturated/α-hetero) is 1. The molecule has 0 spiro atoms. The molecule has 0 aliphatic carbocycles. The summed E-state index contributed by atoms with van der Waals surface area (Å²) in [5.74, 6) is -1.16. The lowest BCUT2D eigenvalue weighted by molar-refractivity contribution is 0.101. The summed E-state index contributed by atoms with van der Waals surface area (Å²) in [6, 6.07) is 3.72. The molecule has 0 aliphatic rings. The first-order valence-electron chi connectivity index (χ1n) is 5.34. The summed E-state index contributed by atoms with van der Waals surface area (Å²) in [7, 11) is 0. The molecule has 7 heteroatoms. The van der Waals surface area contributed by atoms with Gasteiger partial charge in [-0.2, -0.15) is 5.10 Å².